The Morgan fingerprint density at radius 3 is 2.39 bits per heavy atom. The number of benzene rings is 1. The molecule has 0 heterocycles. The highest BCUT2D eigenvalue weighted by Crippen LogP contribution is 2.29. The van der Waals surface area contributed by atoms with E-state index in [1.807, 2.05) is 0 Å². The Morgan fingerprint density at radius 1 is 1.30 bits per heavy atom. The number of carboxylic acids is 1. The summed E-state index contributed by atoms with van der Waals surface area (Å²) in [5.41, 5.74) is 0.804. The van der Waals surface area contributed by atoms with Crippen molar-refractivity contribution >= 4 is 11.9 Å². The summed E-state index contributed by atoms with van der Waals surface area (Å²) in [5.74, 6) is -1.15. The van der Waals surface area contributed by atoms with Crippen LogP contribution in [0, 0.1) is 0 Å². The highest BCUT2D eigenvalue weighted by molar-refractivity contribution is 5.84. The molecular weight excluding hydrogens is 308 g/mol. The van der Waals surface area contributed by atoms with Crippen molar-refractivity contribution in [1.82, 2.24) is 4.90 Å². The highest BCUT2D eigenvalue weighted by atomic mass is 19.3. The molecule has 1 unspecified atom stereocenters. The first kappa shape index (κ1) is 17.2. The van der Waals surface area contributed by atoms with E-state index in [1.54, 1.807) is 12.1 Å². The largest absolute Gasteiger partial charge is 0.480 e. The zero-order valence-corrected chi connectivity index (χ0v) is 12.7. The van der Waals surface area contributed by atoms with Gasteiger partial charge in [0.25, 0.3) is 0 Å². The van der Waals surface area contributed by atoms with E-state index < -0.39 is 18.6 Å². The van der Waals surface area contributed by atoms with E-state index in [-0.39, 0.29) is 24.1 Å². The minimum absolute atomic E-state index is 0.0235. The predicted molar refractivity (Wildman–Crippen MR) is 78.4 cm³/mol. The van der Waals surface area contributed by atoms with Crippen molar-refractivity contribution in [3.05, 3.63) is 29.8 Å². The van der Waals surface area contributed by atoms with Gasteiger partial charge in [-0.2, -0.15) is 8.78 Å². The number of carbonyl (C=O) groups is 2. The van der Waals surface area contributed by atoms with Gasteiger partial charge in [0, 0.05) is 12.5 Å². The van der Waals surface area contributed by atoms with Crippen LogP contribution in [0.2, 0.25) is 0 Å². The minimum Gasteiger partial charge on any atom is -0.480 e. The van der Waals surface area contributed by atoms with Gasteiger partial charge in [0.2, 0.25) is 5.91 Å². The number of nitrogens with zero attached hydrogens (tertiary/aromatic N) is 1. The Labute approximate surface area is 132 Å². The van der Waals surface area contributed by atoms with Crippen LogP contribution in [-0.2, 0) is 16.0 Å². The first-order valence-corrected chi connectivity index (χ1v) is 7.46. The van der Waals surface area contributed by atoms with Crippen LogP contribution in [-0.4, -0.2) is 40.6 Å². The van der Waals surface area contributed by atoms with Gasteiger partial charge in [-0.1, -0.05) is 12.1 Å². The molecule has 0 radical (unpaired) electrons. The number of ether oxygens (including phenoxy) is 1. The molecule has 1 aliphatic carbocycles. The fourth-order valence-electron chi connectivity index (χ4n) is 2.43. The summed E-state index contributed by atoms with van der Waals surface area (Å²) < 4.78 is 28.4. The second-order valence-electron chi connectivity index (χ2n) is 5.57. The molecule has 1 amide bonds. The highest BCUT2D eigenvalue weighted by Gasteiger charge is 2.37. The molecule has 0 aromatic heterocycles. The third kappa shape index (κ3) is 4.91. The van der Waals surface area contributed by atoms with Crippen molar-refractivity contribution in [2.75, 3.05) is 0 Å². The van der Waals surface area contributed by atoms with Gasteiger partial charge >= 0.3 is 12.6 Å². The summed E-state index contributed by atoms with van der Waals surface area (Å²) in [4.78, 5) is 24.8. The fraction of sp³-hybridized carbons (Fsp3) is 0.500. The monoisotopic (exact) mass is 327 g/mol. The standard InChI is InChI=1S/C16H19F2NO4/c1-10(15(21)22)19(12-5-6-12)14(20)9-4-11-2-7-13(8-3-11)23-16(17)18/h2-3,7-8,10,12,16H,4-6,9H2,1H3,(H,21,22). The maximum absolute atomic E-state index is 12.3. The maximum Gasteiger partial charge on any atom is 0.387 e. The Hall–Kier alpha value is -2.18. The summed E-state index contributed by atoms with van der Waals surface area (Å²) >= 11 is 0. The van der Waals surface area contributed by atoms with Gasteiger partial charge in [-0.3, -0.25) is 4.79 Å². The lowest BCUT2D eigenvalue weighted by molar-refractivity contribution is -0.150. The number of rotatable bonds is 8. The molecule has 1 fully saturated rings. The van der Waals surface area contributed by atoms with Crippen LogP contribution in [0.4, 0.5) is 8.78 Å². The third-order valence-corrected chi connectivity index (χ3v) is 3.78. The quantitative estimate of drug-likeness (QED) is 0.797. The fourth-order valence-corrected chi connectivity index (χ4v) is 2.43. The molecule has 0 aliphatic heterocycles. The first-order chi connectivity index (χ1) is 10.9. The van der Waals surface area contributed by atoms with Crippen molar-refractivity contribution in [3.8, 4) is 5.75 Å². The Morgan fingerprint density at radius 2 is 1.91 bits per heavy atom. The number of aryl methyl sites for hydroxylation is 1. The normalized spacial score (nSPS) is 15.3. The number of hydrogen-bond donors (Lipinski definition) is 1. The van der Waals surface area contributed by atoms with Gasteiger partial charge in [-0.25, -0.2) is 4.79 Å². The topological polar surface area (TPSA) is 66.8 Å². The molecule has 0 bridgehead atoms. The second-order valence-corrected chi connectivity index (χ2v) is 5.57. The number of halogens is 2. The van der Waals surface area contributed by atoms with Crippen LogP contribution in [0.15, 0.2) is 24.3 Å². The minimum atomic E-state index is -2.87. The summed E-state index contributed by atoms with van der Waals surface area (Å²) in [6.07, 6.45) is 2.28. The van der Waals surface area contributed by atoms with Gasteiger partial charge in [-0.15, -0.1) is 0 Å². The molecule has 1 aromatic carbocycles. The summed E-state index contributed by atoms with van der Waals surface area (Å²) in [6.45, 7) is -1.36. The maximum atomic E-state index is 12.3. The number of aliphatic carboxylic acids is 1. The molecule has 2 rings (SSSR count). The predicted octanol–water partition coefficient (Wildman–Crippen LogP) is 2.68. The molecule has 1 saturated carbocycles. The van der Waals surface area contributed by atoms with Crippen LogP contribution >= 0.6 is 0 Å². The third-order valence-electron chi connectivity index (χ3n) is 3.78. The number of carbonyl (C=O) groups excluding carboxylic acids is 1. The Balaban J connectivity index is 1.91. The molecule has 23 heavy (non-hydrogen) atoms. The Kier molecular flexibility index (Phi) is 5.52. The lowest BCUT2D eigenvalue weighted by Crippen LogP contribution is -2.44. The molecule has 0 spiro atoms. The van der Waals surface area contributed by atoms with Crippen LogP contribution in [0.25, 0.3) is 0 Å². The van der Waals surface area contributed by atoms with E-state index in [0.717, 1.165) is 18.4 Å². The van der Waals surface area contributed by atoms with Gasteiger partial charge in [-0.05, 0) is 43.9 Å². The van der Waals surface area contributed by atoms with Crippen LogP contribution < -0.4 is 4.74 Å². The molecule has 1 aromatic rings. The van der Waals surface area contributed by atoms with E-state index in [4.69, 9.17) is 5.11 Å². The zero-order chi connectivity index (χ0) is 17.0. The average Bonchev–Trinajstić information content (AvgIpc) is 3.30. The van der Waals surface area contributed by atoms with Crippen LogP contribution in [0.3, 0.4) is 0 Å². The number of carboxylic acid groups (broad SMARTS) is 1. The van der Waals surface area contributed by atoms with E-state index in [2.05, 4.69) is 4.74 Å². The number of amides is 1. The van der Waals surface area contributed by atoms with E-state index in [9.17, 15) is 18.4 Å². The van der Waals surface area contributed by atoms with Gasteiger partial charge < -0.3 is 14.7 Å². The lowest BCUT2D eigenvalue weighted by Gasteiger charge is -2.26. The molecular formula is C16H19F2NO4. The van der Waals surface area contributed by atoms with E-state index in [1.165, 1.54) is 24.0 Å². The van der Waals surface area contributed by atoms with Crippen LogP contribution in [0.1, 0.15) is 31.7 Å². The van der Waals surface area contributed by atoms with Crippen molar-refractivity contribution < 1.29 is 28.2 Å². The summed E-state index contributed by atoms with van der Waals surface area (Å²) in [6, 6.07) is 5.27. The summed E-state index contributed by atoms with van der Waals surface area (Å²) in [5, 5.41) is 9.10. The van der Waals surface area contributed by atoms with Gasteiger partial charge in [0.1, 0.15) is 11.8 Å². The molecule has 0 saturated heterocycles. The molecule has 5 nitrogen and oxygen atoms in total. The Bertz CT molecular complexity index is 558. The van der Waals surface area contributed by atoms with Gasteiger partial charge in [0.15, 0.2) is 0 Å². The first-order valence-electron chi connectivity index (χ1n) is 7.46. The number of alkyl halides is 2. The molecule has 1 N–H and O–H groups in total. The van der Waals surface area contributed by atoms with E-state index in [0.29, 0.717) is 6.42 Å². The molecule has 1 aliphatic rings. The lowest BCUT2D eigenvalue weighted by atomic mass is 10.1. The van der Waals surface area contributed by atoms with Crippen molar-refractivity contribution in [2.45, 2.75) is 51.3 Å². The zero-order valence-electron chi connectivity index (χ0n) is 12.7. The van der Waals surface area contributed by atoms with Gasteiger partial charge in [0.05, 0.1) is 0 Å². The van der Waals surface area contributed by atoms with Crippen molar-refractivity contribution in [2.24, 2.45) is 0 Å². The molecule has 1 atom stereocenters. The van der Waals surface area contributed by atoms with Crippen molar-refractivity contribution in [1.29, 1.82) is 0 Å². The SMILES string of the molecule is CC(C(=O)O)N(C(=O)CCc1ccc(OC(F)F)cc1)C1CC1. The van der Waals surface area contributed by atoms with Crippen molar-refractivity contribution in [3.63, 3.8) is 0 Å². The van der Waals surface area contributed by atoms with Crippen LogP contribution in [0.5, 0.6) is 5.75 Å². The molecule has 7 heteroatoms. The average molecular weight is 327 g/mol. The second kappa shape index (κ2) is 7.39. The molecule has 126 valence electrons. The smallest absolute Gasteiger partial charge is 0.387 e. The number of hydrogen-bond acceptors (Lipinski definition) is 3. The van der Waals surface area contributed by atoms with E-state index >= 15 is 0 Å². The summed E-state index contributed by atoms with van der Waals surface area (Å²) in [7, 11) is 0.